The Bertz CT molecular complexity index is 1550. The van der Waals surface area contributed by atoms with Gasteiger partial charge in [-0.3, -0.25) is 20.3 Å². The fourth-order valence-electron chi connectivity index (χ4n) is 4.58. The van der Waals surface area contributed by atoms with Crippen LogP contribution in [0, 0.1) is 0 Å². The highest BCUT2D eigenvalue weighted by Crippen LogP contribution is 2.42. The van der Waals surface area contributed by atoms with Crippen molar-refractivity contribution in [3.8, 4) is 11.3 Å². The molecular weight excluding hydrogens is 453 g/mol. The van der Waals surface area contributed by atoms with E-state index in [0.717, 1.165) is 36.6 Å². The predicted molar refractivity (Wildman–Crippen MR) is 113 cm³/mol. The van der Waals surface area contributed by atoms with Crippen LogP contribution in [0.15, 0.2) is 29.1 Å². The van der Waals surface area contributed by atoms with E-state index < -0.39 is 17.8 Å². The minimum Gasteiger partial charge on any atom is -0.411 e. The number of alkyl halides is 3. The number of aryl methyl sites for hydroxylation is 1. The minimum absolute atomic E-state index is 0.0801. The van der Waals surface area contributed by atoms with E-state index in [0.29, 0.717) is 34.6 Å². The lowest BCUT2D eigenvalue weighted by Crippen LogP contribution is -2.14. The van der Waals surface area contributed by atoms with Gasteiger partial charge in [0.1, 0.15) is 5.69 Å². The number of carbonyl (C=O) groups excluding carboxylic acids is 1. The highest BCUT2D eigenvalue weighted by Gasteiger charge is 2.37. The first kappa shape index (κ1) is 20.3. The maximum Gasteiger partial charge on any atom is 0.433 e. The number of amides is 1. The summed E-state index contributed by atoms with van der Waals surface area (Å²) in [6.45, 7) is 0. The molecule has 0 aliphatic heterocycles. The summed E-state index contributed by atoms with van der Waals surface area (Å²) in [5, 5.41) is 23.6. The van der Waals surface area contributed by atoms with Gasteiger partial charge in [-0.15, -0.1) is 5.10 Å². The Morgan fingerprint density at radius 2 is 1.91 bits per heavy atom. The summed E-state index contributed by atoms with van der Waals surface area (Å²) in [4.78, 5) is 17.6. The zero-order valence-corrected chi connectivity index (χ0v) is 17.3. The molecule has 0 fully saturated rings. The van der Waals surface area contributed by atoms with E-state index in [-0.39, 0.29) is 23.0 Å². The lowest BCUT2D eigenvalue weighted by molar-refractivity contribution is -0.140. The van der Waals surface area contributed by atoms with E-state index >= 15 is 0 Å². The summed E-state index contributed by atoms with van der Waals surface area (Å²) >= 11 is 0. The van der Waals surface area contributed by atoms with E-state index in [4.69, 9.17) is 4.42 Å². The van der Waals surface area contributed by atoms with Crippen molar-refractivity contribution in [3.05, 3.63) is 47.2 Å². The first-order valence-electron chi connectivity index (χ1n) is 10.4. The van der Waals surface area contributed by atoms with Crippen LogP contribution in [0.25, 0.3) is 33.1 Å². The van der Waals surface area contributed by atoms with Crippen LogP contribution in [0.2, 0.25) is 0 Å². The van der Waals surface area contributed by atoms with Crippen LogP contribution in [0.1, 0.15) is 40.2 Å². The van der Waals surface area contributed by atoms with Crippen LogP contribution >= 0.6 is 0 Å². The topological polar surface area (TPSA) is 138 Å². The number of carbonyl (C=O) groups is 1. The zero-order valence-electron chi connectivity index (χ0n) is 17.3. The highest BCUT2D eigenvalue weighted by molar-refractivity contribution is 6.19. The zero-order chi connectivity index (χ0) is 23.4. The van der Waals surface area contributed by atoms with Gasteiger partial charge >= 0.3 is 12.2 Å². The SMILES string of the molecule is O=C(Nc1nnco1)c1n[nH]c2ccc3nc(-c4cn[nH]c4C(F)(F)F)c4c(c3c12)CCCC4. The number of H-pyrrole nitrogens is 2. The number of hydrogen-bond donors (Lipinski definition) is 3. The normalized spacial score (nSPS) is 14.0. The smallest absolute Gasteiger partial charge is 0.411 e. The van der Waals surface area contributed by atoms with Crippen molar-refractivity contribution >= 4 is 33.7 Å². The number of aromatic amines is 2. The third-order valence-corrected chi connectivity index (χ3v) is 5.97. The second-order valence-electron chi connectivity index (χ2n) is 7.93. The van der Waals surface area contributed by atoms with Crippen molar-refractivity contribution in [1.29, 1.82) is 0 Å². The third-order valence-electron chi connectivity index (χ3n) is 5.97. The molecule has 0 radical (unpaired) electrons. The van der Waals surface area contributed by atoms with Gasteiger partial charge in [-0.25, -0.2) is 4.98 Å². The molecule has 0 bridgehead atoms. The Morgan fingerprint density at radius 1 is 1.09 bits per heavy atom. The molecule has 1 aliphatic carbocycles. The third kappa shape index (κ3) is 3.11. The summed E-state index contributed by atoms with van der Waals surface area (Å²) in [7, 11) is 0. The number of nitrogens with one attached hydrogen (secondary N) is 3. The monoisotopic (exact) mass is 468 g/mol. The molecule has 34 heavy (non-hydrogen) atoms. The Morgan fingerprint density at radius 3 is 2.68 bits per heavy atom. The fraction of sp³-hybridized carbons (Fsp3) is 0.238. The van der Waals surface area contributed by atoms with Crippen molar-refractivity contribution < 1.29 is 22.4 Å². The molecular formula is C21H15F3N8O2. The molecule has 1 aliphatic rings. The minimum atomic E-state index is -4.60. The number of aromatic nitrogens is 7. The van der Waals surface area contributed by atoms with Crippen LogP contribution in [0.5, 0.6) is 0 Å². The molecule has 6 rings (SSSR count). The van der Waals surface area contributed by atoms with Crippen LogP contribution < -0.4 is 5.32 Å². The summed E-state index contributed by atoms with van der Waals surface area (Å²) in [5.41, 5.74) is 1.98. The van der Waals surface area contributed by atoms with E-state index in [9.17, 15) is 18.0 Å². The van der Waals surface area contributed by atoms with E-state index in [1.807, 2.05) is 0 Å². The van der Waals surface area contributed by atoms with Gasteiger partial charge in [0.25, 0.3) is 5.91 Å². The molecule has 1 aromatic carbocycles. The fourth-order valence-corrected chi connectivity index (χ4v) is 4.58. The molecule has 0 atom stereocenters. The lowest BCUT2D eigenvalue weighted by Gasteiger charge is -2.22. The molecule has 0 spiro atoms. The van der Waals surface area contributed by atoms with E-state index in [1.54, 1.807) is 12.1 Å². The molecule has 10 nitrogen and oxygen atoms in total. The number of hydrogen-bond acceptors (Lipinski definition) is 7. The number of benzene rings is 1. The number of pyridine rings is 1. The molecule has 0 saturated carbocycles. The van der Waals surface area contributed by atoms with Gasteiger partial charge in [0.2, 0.25) is 6.39 Å². The summed E-state index contributed by atoms with van der Waals surface area (Å²) < 4.78 is 45.8. The number of nitrogens with zero attached hydrogens (tertiary/aromatic N) is 5. The Kier molecular flexibility index (Phi) is 4.40. The van der Waals surface area contributed by atoms with Crippen LogP contribution in [-0.2, 0) is 19.0 Å². The lowest BCUT2D eigenvalue weighted by atomic mass is 9.85. The van der Waals surface area contributed by atoms with Crippen molar-refractivity contribution in [2.24, 2.45) is 0 Å². The number of halogens is 3. The van der Waals surface area contributed by atoms with Crippen LogP contribution in [0.3, 0.4) is 0 Å². The Hall–Kier alpha value is -4.29. The van der Waals surface area contributed by atoms with Gasteiger partial charge < -0.3 is 4.42 Å². The molecule has 5 aromatic rings. The number of fused-ring (bicyclic) bond motifs is 5. The molecule has 13 heteroatoms. The number of rotatable bonds is 3. The van der Waals surface area contributed by atoms with Crippen LogP contribution in [-0.4, -0.2) is 41.5 Å². The van der Waals surface area contributed by atoms with Gasteiger partial charge in [0.15, 0.2) is 5.69 Å². The summed E-state index contributed by atoms with van der Waals surface area (Å²) in [6, 6.07) is 3.32. The second kappa shape index (κ2) is 7.37. The van der Waals surface area contributed by atoms with Gasteiger partial charge in [-0.1, -0.05) is 5.10 Å². The second-order valence-corrected chi connectivity index (χ2v) is 7.93. The van der Waals surface area contributed by atoms with Crippen molar-refractivity contribution in [2.45, 2.75) is 31.9 Å². The van der Waals surface area contributed by atoms with Gasteiger partial charge in [0.05, 0.1) is 28.5 Å². The number of anilines is 1. The van der Waals surface area contributed by atoms with E-state index in [1.165, 1.54) is 0 Å². The average molecular weight is 468 g/mol. The molecule has 172 valence electrons. The highest BCUT2D eigenvalue weighted by atomic mass is 19.4. The summed E-state index contributed by atoms with van der Waals surface area (Å²) in [6.07, 6.45) is 0.521. The largest absolute Gasteiger partial charge is 0.433 e. The molecule has 0 unspecified atom stereocenters. The van der Waals surface area contributed by atoms with Crippen molar-refractivity contribution in [2.75, 3.05) is 5.32 Å². The van der Waals surface area contributed by atoms with Gasteiger partial charge in [-0.05, 0) is 48.9 Å². The molecule has 1 amide bonds. The Balaban J connectivity index is 1.60. The first-order chi connectivity index (χ1) is 16.4. The maximum atomic E-state index is 13.6. The quantitative estimate of drug-likeness (QED) is 0.363. The molecule has 3 N–H and O–H groups in total. The van der Waals surface area contributed by atoms with E-state index in [2.05, 4.69) is 40.9 Å². The Labute approximate surface area is 188 Å². The molecule has 4 heterocycles. The summed E-state index contributed by atoms with van der Waals surface area (Å²) in [5.74, 6) is -0.564. The predicted octanol–water partition coefficient (Wildman–Crippen LogP) is 4.03. The molecule has 4 aromatic heterocycles. The molecule has 0 saturated heterocycles. The van der Waals surface area contributed by atoms with Crippen molar-refractivity contribution in [1.82, 2.24) is 35.6 Å². The maximum absolute atomic E-state index is 13.6. The van der Waals surface area contributed by atoms with Gasteiger partial charge in [-0.2, -0.15) is 23.4 Å². The van der Waals surface area contributed by atoms with Gasteiger partial charge in [0, 0.05) is 10.8 Å². The average Bonchev–Trinajstić information content (AvgIpc) is 3.58. The first-order valence-corrected chi connectivity index (χ1v) is 10.4. The van der Waals surface area contributed by atoms with Crippen molar-refractivity contribution in [3.63, 3.8) is 0 Å². The standard InChI is InChI=1S/C21H15F3N8O2/c22-21(23,24)18-11(7-25-31-18)16-10-4-2-1-3-9(10)14-12(27-16)5-6-13-15(14)17(30-29-13)19(33)28-20-32-26-8-34-20/h5-8H,1-4H2,(H,25,31)(H,29,30)(H,28,32,33). The van der Waals surface area contributed by atoms with Crippen LogP contribution in [0.4, 0.5) is 19.2 Å².